The number of benzene rings is 1. The molecule has 0 aliphatic carbocycles. The van der Waals surface area contributed by atoms with Gasteiger partial charge in [0.15, 0.2) is 5.96 Å². The van der Waals surface area contributed by atoms with E-state index in [0.29, 0.717) is 6.04 Å². The summed E-state index contributed by atoms with van der Waals surface area (Å²) >= 11 is 0. The first kappa shape index (κ1) is 24.2. The molecule has 3 rings (SSSR count). The van der Waals surface area contributed by atoms with E-state index in [-0.39, 0.29) is 24.0 Å². The maximum Gasteiger partial charge on any atom is 0.191 e. The summed E-state index contributed by atoms with van der Waals surface area (Å²) < 4.78 is 10.9. The number of aliphatic imine (C=N–C) groups is 1. The highest BCUT2D eigenvalue weighted by Gasteiger charge is 2.24. The zero-order valence-electron chi connectivity index (χ0n) is 18.1. The van der Waals surface area contributed by atoms with E-state index in [1.807, 2.05) is 7.05 Å². The predicted molar refractivity (Wildman–Crippen MR) is 130 cm³/mol. The molecule has 1 aromatic carbocycles. The van der Waals surface area contributed by atoms with Gasteiger partial charge in [-0.2, -0.15) is 0 Å². The fourth-order valence-corrected chi connectivity index (χ4v) is 4.09. The SMILES string of the molecule is CN=C(NCCc1ccc(C)c(OC)c1)NC1CCN(CC2CCOC2)CC1.I. The number of piperidine rings is 1. The number of rotatable bonds is 7. The van der Waals surface area contributed by atoms with Crippen molar-refractivity contribution in [3.63, 3.8) is 0 Å². The normalized spacial score (nSPS) is 20.9. The van der Waals surface area contributed by atoms with Gasteiger partial charge >= 0.3 is 0 Å². The summed E-state index contributed by atoms with van der Waals surface area (Å²) in [4.78, 5) is 7.00. The van der Waals surface area contributed by atoms with E-state index in [0.717, 1.165) is 56.9 Å². The van der Waals surface area contributed by atoms with Crippen molar-refractivity contribution in [2.75, 3.05) is 53.6 Å². The van der Waals surface area contributed by atoms with Gasteiger partial charge in [-0.15, -0.1) is 24.0 Å². The van der Waals surface area contributed by atoms with Gasteiger partial charge in [0, 0.05) is 45.9 Å². The van der Waals surface area contributed by atoms with Crippen LogP contribution in [0.2, 0.25) is 0 Å². The molecule has 0 radical (unpaired) electrons. The molecule has 2 N–H and O–H groups in total. The van der Waals surface area contributed by atoms with Crippen LogP contribution in [0.1, 0.15) is 30.4 Å². The number of nitrogens with zero attached hydrogens (tertiary/aromatic N) is 2. The number of hydrogen-bond donors (Lipinski definition) is 2. The highest BCUT2D eigenvalue weighted by molar-refractivity contribution is 14.0. The second-order valence-electron chi connectivity index (χ2n) is 8.00. The Balaban J connectivity index is 0.00000300. The Morgan fingerprint density at radius 3 is 2.72 bits per heavy atom. The zero-order chi connectivity index (χ0) is 19.8. The third kappa shape index (κ3) is 7.61. The van der Waals surface area contributed by atoms with Gasteiger partial charge in [-0.3, -0.25) is 4.99 Å². The van der Waals surface area contributed by atoms with Gasteiger partial charge in [0.2, 0.25) is 0 Å². The number of likely N-dealkylation sites (tertiary alicyclic amines) is 1. The molecule has 0 bridgehead atoms. The molecule has 2 heterocycles. The number of halogens is 1. The van der Waals surface area contributed by atoms with Gasteiger partial charge in [-0.05, 0) is 55.7 Å². The maximum absolute atomic E-state index is 5.51. The minimum absolute atomic E-state index is 0. The van der Waals surface area contributed by atoms with Gasteiger partial charge in [-0.25, -0.2) is 0 Å². The molecule has 164 valence electrons. The van der Waals surface area contributed by atoms with Crippen LogP contribution in [0.3, 0.4) is 0 Å². The van der Waals surface area contributed by atoms with Crippen LogP contribution in [0.5, 0.6) is 5.75 Å². The number of hydrogen-bond acceptors (Lipinski definition) is 4. The summed E-state index contributed by atoms with van der Waals surface area (Å²) in [7, 11) is 3.57. The van der Waals surface area contributed by atoms with Crippen molar-refractivity contribution < 1.29 is 9.47 Å². The molecule has 6 nitrogen and oxygen atoms in total. The minimum atomic E-state index is 0. The highest BCUT2D eigenvalue weighted by atomic mass is 127. The Bertz CT molecular complexity index is 642. The fraction of sp³-hybridized carbons (Fsp3) is 0.682. The number of nitrogens with one attached hydrogen (secondary N) is 2. The van der Waals surface area contributed by atoms with E-state index in [4.69, 9.17) is 9.47 Å². The average Bonchev–Trinajstić information content (AvgIpc) is 3.23. The fourth-order valence-electron chi connectivity index (χ4n) is 4.09. The van der Waals surface area contributed by atoms with Crippen LogP contribution >= 0.6 is 24.0 Å². The summed E-state index contributed by atoms with van der Waals surface area (Å²) in [5, 5.41) is 7.06. The summed E-state index contributed by atoms with van der Waals surface area (Å²) in [5.41, 5.74) is 2.44. The molecule has 1 unspecified atom stereocenters. The first-order valence-corrected chi connectivity index (χ1v) is 10.6. The van der Waals surface area contributed by atoms with Crippen molar-refractivity contribution in [2.24, 2.45) is 10.9 Å². The van der Waals surface area contributed by atoms with Gasteiger partial charge in [0.05, 0.1) is 13.7 Å². The largest absolute Gasteiger partial charge is 0.496 e. The molecule has 0 aromatic heterocycles. The summed E-state index contributed by atoms with van der Waals surface area (Å²) in [6.45, 7) is 8.33. The lowest BCUT2D eigenvalue weighted by Gasteiger charge is -2.34. The Labute approximate surface area is 192 Å². The standard InChI is InChI=1S/C22H36N4O2.HI/c1-17-4-5-18(14-21(17)27-3)6-10-24-22(23-2)25-20-7-11-26(12-8-20)15-19-9-13-28-16-19;/h4-5,14,19-20H,6-13,15-16H2,1-3H3,(H2,23,24,25);1H. The van der Waals surface area contributed by atoms with E-state index in [1.165, 1.54) is 36.9 Å². The van der Waals surface area contributed by atoms with Crippen LogP contribution in [0.4, 0.5) is 0 Å². The van der Waals surface area contributed by atoms with Crippen molar-refractivity contribution in [3.05, 3.63) is 29.3 Å². The summed E-state index contributed by atoms with van der Waals surface area (Å²) in [6, 6.07) is 6.91. The molecule has 7 heteroatoms. The zero-order valence-corrected chi connectivity index (χ0v) is 20.4. The van der Waals surface area contributed by atoms with E-state index in [1.54, 1.807) is 7.11 Å². The summed E-state index contributed by atoms with van der Waals surface area (Å²) in [5.74, 6) is 2.59. The van der Waals surface area contributed by atoms with Gasteiger partial charge in [0.25, 0.3) is 0 Å². The Kier molecular flexibility index (Phi) is 10.5. The van der Waals surface area contributed by atoms with Crippen LogP contribution in [0.25, 0.3) is 0 Å². The van der Waals surface area contributed by atoms with Crippen molar-refractivity contribution in [1.82, 2.24) is 15.5 Å². The van der Waals surface area contributed by atoms with E-state index in [9.17, 15) is 0 Å². The molecular formula is C22H37IN4O2. The lowest BCUT2D eigenvalue weighted by molar-refractivity contribution is 0.150. The first-order chi connectivity index (χ1) is 13.7. The van der Waals surface area contributed by atoms with Crippen LogP contribution in [-0.4, -0.2) is 70.5 Å². The molecule has 2 aliphatic heterocycles. The van der Waals surface area contributed by atoms with Crippen LogP contribution in [0.15, 0.2) is 23.2 Å². The maximum atomic E-state index is 5.51. The summed E-state index contributed by atoms with van der Waals surface area (Å²) in [6.07, 6.45) is 4.51. The molecule has 0 saturated carbocycles. The molecule has 1 aromatic rings. The van der Waals surface area contributed by atoms with E-state index in [2.05, 4.69) is 45.6 Å². The number of guanidine groups is 1. The van der Waals surface area contributed by atoms with Crippen molar-refractivity contribution >= 4 is 29.9 Å². The lowest BCUT2D eigenvalue weighted by Crippen LogP contribution is -2.49. The number of aryl methyl sites for hydroxylation is 1. The molecule has 29 heavy (non-hydrogen) atoms. The average molecular weight is 516 g/mol. The van der Waals surface area contributed by atoms with Crippen LogP contribution < -0.4 is 15.4 Å². The molecule has 0 spiro atoms. The highest BCUT2D eigenvalue weighted by Crippen LogP contribution is 2.19. The third-order valence-corrected chi connectivity index (χ3v) is 5.87. The van der Waals surface area contributed by atoms with E-state index < -0.39 is 0 Å². The van der Waals surface area contributed by atoms with Crippen molar-refractivity contribution in [3.8, 4) is 5.75 Å². The third-order valence-electron chi connectivity index (χ3n) is 5.87. The van der Waals surface area contributed by atoms with Gasteiger partial charge in [0.1, 0.15) is 5.75 Å². The topological polar surface area (TPSA) is 58.1 Å². The lowest BCUT2D eigenvalue weighted by atomic mass is 10.0. The van der Waals surface area contributed by atoms with Crippen LogP contribution in [-0.2, 0) is 11.2 Å². The van der Waals surface area contributed by atoms with Crippen molar-refractivity contribution in [1.29, 1.82) is 0 Å². The molecular weight excluding hydrogens is 479 g/mol. The van der Waals surface area contributed by atoms with E-state index >= 15 is 0 Å². The Morgan fingerprint density at radius 2 is 2.07 bits per heavy atom. The number of ether oxygens (including phenoxy) is 2. The van der Waals surface area contributed by atoms with Gasteiger partial charge in [-0.1, -0.05) is 12.1 Å². The molecule has 0 amide bonds. The predicted octanol–water partition coefficient (Wildman–Crippen LogP) is 2.83. The Hall–Kier alpha value is -1.06. The smallest absolute Gasteiger partial charge is 0.191 e. The number of methoxy groups -OCH3 is 1. The Morgan fingerprint density at radius 1 is 1.28 bits per heavy atom. The monoisotopic (exact) mass is 516 g/mol. The molecule has 1 atom stereocenters. The molecule has 2 fully saturated rings. The minimum Gasteiger partial charge on any atom is -0.496 e. The quantitative estimate of drug-likeness (QED) is 0.332. The van der Waals surface area contributed by atoms with Crippen molar-refractivity contribution in [2.45, 2.75) is 38.6 Å². The molecule has 2 aliphatic rings. The first-order valence-electron chi connectivity index (χ1n) is 10.6. The van der Waals surface area contributed by atoms with Gasteiger partial charge < -0.3 is 25.0 Å². The second-order valence-corrected chi connectivity index (χ2v) is 8.00. The molecule has 2 saturated heterocycles. The second kappa shape index (κ2) is 12.6. The van der Waals surface area contributed by atoms with Crippen LogP contribution in [0, 0.1) is 12.8 Å².